The third kappa shape index (κ3) is 2.81. The van der Waals surface area contributed by atoms with Gasteiger partial charge in [-0.15, -0.1) is 0 Å². The van der Waals surface area contributed by atoms with Gasteiger partial charge in [0, 0.05) is 13.8 Å². The summed E-state index contributed by atoms with van der Waals surface area (Å²) in [6, 6.07) is 0. The molecule has 20 heavy (non-hydrogen) atoms. The fourth-order valence-electron chi connectivity index (χ4n) is 2.02. The van der Waals surface area contributed by atoms with Gasteiger partial charge in [-0.2, -0.15) is 0 Å². The number of imidazole rings is 1. The average molecular weight is 280 g/mol. The van der Waals surface area contributed by atoms with Gasteiger partial charge in [0.2, 0.25) is 5.71 Å². The van der Waals surface area contributed by atoms with E-state index in [1.165, 1.54) is 13.8 Å². The van der Waals surface area contributed by atoms with Gasteiger partial charge < -0.3 is 14.8 Å². The lowest BCUT2D eigenvalue weighted by molar-refractivity contribution is -0.653. The van der Waals surface area contributed by atoms with E-state index in [-0.39, 0.29) is 5.71 Å². The number of nitrogens with one attached hydrogen (secondary N) is 1. The Kier molecular flexibility index (Phi) is 3.52. The Morgan fingerprint density at radius 3 is 2.45 bits per heavy atom. The van der Waals surface area contributed by atoms with Gasteiger partial charge in [0.1, 0.15) is 12.4 Å². The van der Waals surface area contributed by atoms with Crippen LogP contribution >= 0.6 is 0 Å². The minimum absolute atomic E-state index is 0.357. The van der Waals surface area contributed by atoms with E-state index in [0.29, 0.717) is 0 Å². The topological polar surface area (TPSA) is 85.8 Å². The summed E-state index contributed by atoms with van der Waals surface area (Å²) in [7, 11) is 2.99. The van der Waals surface area contributed by atoms with Crippen molar-refractivity contribution < 1.29 is 23.6 Å². The fraction of sp³-hybridized carbons (Fsp3) is 0.455. The van der Waals surface area contributed by atoms with Crippen molar-refractivity contribution in [3.05, 3.63) is 12.4 Å². The van der Waals surface area contributed by atoms with Crippen molar-refractivity contribution in [1.82, 2.24) is 9.90 Å². The molecule has 1 aliphatic heterocycles. The first kappa shape index (κ1) is 14.1. The molecular weight excluding hydrogens is 263 g/mol. The number of esters is 2. The molecule has 1 aliphatic rings. The minimum Gasteiger partial charge on any atom is -0.471 e. The van der Waals surface area contributed by atoms with Crippen molar-refractivity contribution in [3.8, 4) is 0 Å². The molecule has 1 saturated heterocycles. The van der Waals surface area contributed by atoms with Crippen molar-refractivity contribution in [3.63, 3.8) is 0 Å². The third-order valence-corrected chi connectivity index (χ3v) is 3.16. The molecule has 1 aromatic rings. The monoisotopic (exact) mass is 280 g/mol. The van der Waals surface area contributed by atoms with Crippen LogP contribution in [0.2, 0.25) is 0 Å². The van der Waals surface area contributed by atoms with E-state index < -0.39 is 25.1 Å². The summed E-state index contributed by atoms with van der Waals surface area (Å²) in [4.78, 5) is 23.3. The van der Waals surface area contributed by atoms with Crippen LogP contribution in [0.4, 0.5) is 0 Å². The number of hydrogen-bond acceptors (Lipinski definition) is 6. The van der Waals surface area contributed by atoms with Crippen molar-refractivity contribution in [2.45, 2.75) is 19.6 Å². The maximum atomic E-state index is 11.7. The van der Waals surface area contributed by atoms with Crippen LogP contribution in [0.1, 0.15) is 13.8 Å². The summed E-state index contributed by atoms with van der Waals surface area (Å²) in [5.41, 5.74) is 0.692. The molecule has 0 atom stereocenters. The highest BCUT2D eigenvalue weighted by molar-refractivity contribution is 6.63. The molecule has 8 nitrogen and oxygen atoms in total. The molecule has 108 valence electrons. The Morgan fingerprint density at radius 2 is 1.95 bits per heavy atom. The highest BCUT2D eigenvalue weighted by Gasteiger charge is 2.40. The predicted octanol–water partition coefficient (Wildman–Crippen LogP) is -2.66. The summed E-state index contributed by atoms with van der Waals surface area (Å²) < 4.78 is 13.8. The van der Waals surface area contributed by atoms with Gasteiger partial charge in [-0.3, -0.25) is 9.13 Å². The van der Waals surface area contributed by atoms with Gasteiger partial charge in [0.05, 0.1) is 19.8 Å². The second kappa shape index (κ2) is 4.99. The number of aromatic nitrogens is 2. The molecule has 0 aromatic carbocycles. The number of cyclic esters (lactones) is 2. The van der Waals surface area contributed by atoms with Crippen LogP contribution in [-0.4, -0.2) is 35.4 Å². The normalized spacial score (nSPS) is 17.5. The van der Waals surface area contributed by atoms with E-state index in [1.54, 1.807) is 0 Å². The Hall–Kier alpha value is -2.32. The molecule has 0 spiro atoms. The van der Waals surface area contributed by atoms with Crippen molar-refractivity contribution in [2.75, 3.05) is 0 Å². The summed E-state index contributed by atoms with van der Waals surface area (Å²) >= 11 is 0. The molecule has 0 amide bonds. The Labute approximate surface area is 116 Å². The Balaban J connectivity index is 2.05. The van der Waals surface area contributed by atoms with Crippen LogP contribution in [-0.2, 0) is 33.2 Å². The molecule has 1 fully saturated rings. The molecule has 2 rings (SSSR count). The van der Waals surface area contributed by atoms with Crippen LogP contribution < -0.4 is 15.6 Å². The molecule has 0 saturated carbocycles. The lowest BCUT2D eigenvalue weighted by Gasteiger charge is -2.29. The zero-order valence-electron chi connectivity index (χ0n) is 12.1. The van der Waals surface area contributed by atoms with Crippen LogP contribution in [0, 0.1) is 0 Å². The molecule has 2 heterocycles. The first-order valence-electron chi connectivity index (χ1n) is 6.36. The molecule has 0 bridgehead atoms. The maximum absolute atomic E-state index is 11.7. The van der Waals surface area contributed by atoms with Gasteiger partial charge >= 0.3 is 11.9 Å². The zero-order valence-corrected chi connectivity index (χ0v) is 12.1. The maximum Gasteiger partial charge on any atom is 0.369 e. The summed E-state index contributed by atoms with van der Waals surface area (Å²) in [6.07, 6.45) is 3.83. The number of nitrogens with zero attached hydrogens (tertiary/aromatic N) is 3. The van der Waals surface area contributed by atoms with Crippen LogP contribution in [0.25, 0.3) is 0 Å². The van der Waals surface area contributed by atoms with Gasteiger partial charge in [0.15, 0.2) is 7.41 Å². The molecule has 1 N–H and O–H groups in total. The smallest absolute Gasteiger partial charge is 0.369 e. The van der Waals surface area contributed by atoms with Crippen LogP contribution in [0.5, 0.6) is 0 Å². The quantitative estimate of drug-likeness (QED) is 0.283. The lowest BCUT2D eigenvalue weighted by Crippen LogP contribution is -2.53. The minimum atomic E-state index is -1.24. The molecular formula is C11H17BN4O4. The SMILES string of the molecule is Cn1cc[n+](C)c1[BH2-]NN=C1C(=O)OC(C)(C)OC1=O. The Morgan fingerprint density at radius 1 is 1.35 bits per heavy atom. The number of rotatable bonds is 3. The van der Waals surface area contributed by atoms with Crippen LogP contribution in [0.3, 0.4) is 0 Å². The molecule has 0 radical (unpaired) electrons. The van der Waals surface area contributed by atoms with Crippen LogP contribution in [0.15, 0.2) is 17.5 Å². The number of ether oxygens (including phenoxy) is 2. The number of hydrazone groups is 1. The summed E-state index contributed by atoms with van der Waals surface area (Å²) in [6.45, 7) is 2.98. The van der Waals surface area contributed by atoms with Crippen molar-refractivity contribution in [2.24, 2.45) is 19.2 Å². The number of carbonyl (C=O) groups excluding carboxylic acids is 2. The van der Waals surface area contributed by atoms with Gasteiger partial charge in [-0.05, 0) is 0 Å². The van der Waals surface area contributed by atoms with Gasteiger partial charge in [-0.1, -0.05) is 0 Å². The largest absolute Gasteiger partial charge is 0.471 e. The lowest BCUT2D eigenvalue weighted by atomic mass is 9.95. The Bertz CT molecular complexity index is 552. The average Bonchev–Trinajstić information content (AvgIpc) is 2.62. The first-order valence-corrected chi connectivity index (χ1v) is 6.36. The van der Waals surface area contributed by atoms with E-state index in [4.69, 9.17) is 9.47 Å². The standard InChI is InChI=1S/C11H17BN4O4/c1-11(2)19-8(17)7(9(18)20-11)13-14-12-10-15(3)5-6-16(10)4/h5-6,14H,12H2,1-4H3. The number of carbonyl (C=O) groups is 2. The van der Waals surface area contributed by atoms with E-state index in [0.717, 1.165) is 5.72 Å². The molecule has 0 unspecified atom stereocenters. The van der Waals surface area contributed by atoms with E-state index in [9.17, 15) is 9.59 Å². The van der Waals surface area contributed by atoms with Gasteiger partial charge in [0.25, 0.3) is 5.79 Å². The zero-order chi connectivity index (χ0) is 14.9. The molecule has 1 aromatic heterocycles. The van der Waals surface area contributed by atoms with Gasteiger partial charge in [-0.25, -0.2) is 14.7 Å². The second-order valence-electron chi connectivity index (χ2n) is 5.18. The predicted molar refractivity (Wildman–Crippen MR) is 71.6 cm³/mol. The number of aryl methyl sites for hydroxylation is 2. The highest BCUT2D eigenvalue weighted by Crippen LogP contribution is 2.17. The second-order valence-corrected chi connectivity index (χ2v) is 5.18. The molecule has 9 heteroatoms. The van der Waals surface area contributed by atoms with E-state index >= 15 is 0 Å². The molecule has 0 aliphatic carbocycles. The van der Waals surface area contributed by atoms with E-state index in [1.807, 2.05) is 35.6 Å². The third-order valence-electron chi connectivity index (χ3n) is 3.16. The van der Waals surface area contributed by atoms with Crippen molar-refractivity contribution in [1.29, 1.82) is 0 Å². The highest BCUT2D eigenvalue weighted by atomic mass is 16.7. The van der Waals surface area contributed by atoms with Crippen molar-refractivity contribution >= 4 is 30.8 Å². The first-order chi connectivity index (χ1) is 9.30. The van der Waals surface area contributed by atoms with E-state index in [2.05, 4.69) is 10.4 Å². The fourth-order valence-corrected chi connectivity index (χ4v) is 2.02. The summed E-state index contributed by atoms with van der Waals surface area (Å²) in [5, 5.41) is 6.61. The number of hydrogen-bond donors (Lipinski definition) is 1. The summed E-state index contributed by atoms with van der Waals surface area (Å²) in [5.74, 6) is -2.79.